The number of aliphatic hydroxyl groups is 1. The topological polar surface area (TPSA) is 86.6 Å². The monoisotopic (exact) mass is 305 g/mol. The Morgan fingerprint density at radius 1 is 1.47 bits per heavy atom. The van der Waals surface area contributed by atoms with Crippen LogP contribution < -0.4 is 5.32 Å². The van der Waals surface area contributed by atoms with Gasteiger partial charge in [-0.3, -0.25) is 4.79 Å². The van der Waals surface area contributed by atoms with Gasteiger partial charge in [0.1, 0.15) is 5.82 Å². The summed E-state index contributed by atoms with van der Waals surface area (Å²) in [6.07, 6.45) is -1.71. The molecule has 1 unspecified atom stereocenters. The smallest absolute Gasteiger partial charge is 0.334 e. The predicted molar refractivity (Wildman–Crippen MR) is 60.1 cm³/mol. The largest absolute Gasteiger partial charge is 0.479 e. The first kappa shape index (κ1) is 13.6. The Kier molecular flexibility index (Phi) is 4.59. The van der Waals surface area contributed by atoms with E-state index in [9.17, 15) is 14.0 Å². The second kappa shape index (κ2) is 5.74. The standard InChI is InChI=1S/C10H9BrFNO4/c11-5-1-2-6(7(12)3-5)9(15)13-4-8(14)10(16)17/h1-3,8,14H,4H2,(H,13,15)(H,16,17). The average molecular weight is 306 g/mol. The molecule has 0 fully saturated rings. The van der Waals surface area contributed by atoms with Gasteiger partial charge in [0.15, 0.2) is 6.10 Å². The van der Waals surface area contributed by atoms with Gasteiger partial charge in [-0.2, -0.15) is 0 Å². The van der Waals surface area contributed by atoms with Gasteiger partial charge in [0.05, 0.1) is 12.1 Å². The summed E-state index contributed by atoms with van der Waals surface area (Å²) < 4.78 is 13.8. The highest BCUT2D eigenvalue weighted by molar-refractivity contribution is 9.10. The van der Waals surface area contributed by atoms with Crippen molar-refractivity contribution in [2.75, 3.05) is 6.54 Å². The third kappa shape index (κ3) is 3.79. The van der Waals surface area contributed by atoms with Gasteiger partial charge in [0.25, 0.3) is 5.91 Å². The number of carboxylic acids is 1. The van der Waals surface area contributed by atoms with E-state index in [2.05, 4.69) is 21.2 Å². The first-order valence-electron chi connectivity index (χ1n) is 4.56. The Morgan fingerprint density at radius 3 is 2.65 bits per heavy atom. The summed E-state index contributed by atoms with van der Waals surface area (Å²) in [5, 5.41) is 19.4. The zero-order valence-electron chi connectivity index (χ0n) is 8.48. The number of nitrogens with one attached hydrogen (secondary N) is 1. The van der Waals surface area contributed by atoms with E-state index >= 15 is 0 Å². The minimum absolute atomic E-state index is 0.217. The minimum Gasteiger partial charge on any atom is -0.479 e. The van der Waals surface area contributed by atoms with Crippen LogP contribution in [0.25, 0.3) is 0 Å². The normalized spacial score (nSPS) is 11.9. The van der Waals surface area contributed by atoms with Gasteiger partial charge in [-0.25, -0.2) is 9.18 Å². The molecule has 0 aliphatic rings. The van der Waals surface area contributed by atoms with Gasteiger partial charge < -0.3 is 15.5 Å². The van der Waals surface area contributed by atoms with E-state index < -0.39 is 30.3 Å². The predicted octanol–water partition coefficient (Wildman–Crippen LogP) is 0.764. The quantitative estimate of drug-likeness (QED) is 0.766. The number of aliphatic carboxylic acids is 1. The number of hydrogen-bond donors (Lipinski definition) is 3. The number of aliphatic hydroxyl groups excluding tert-OH is 1. The van der Waals surface area contributed by atoms with Crippen molar-refractivity contribution in [1.29, 1.82) is 0 Å². The van der Waals surface area contributed by atoms with Crippen LogP contribution in [0.4, 0.5) is 4.39 Å². The molecule has 1 atom stereocenters. The number of halogens is 2. The molecule has 0 spiro atoms. The molecule has 0 aliphatic heterocycles. The molecular weight excluding hydrogens is 297 g/mol. The van der Waals surface area contributed by atoms with Crippen LogP contribution in [0.3, 0.4) is 0 Å². The summed E-state index contributed by atoms with van der Waals surface area (Å²) in [5.41, 5.74) is -0.217. The number of carbonyl (C=O) groups excluding carboxylic acids is 1. The van der Waals surface area contributed by atoms with Crippen molar-refractivity contribution >= 4 is 27.8 Å². The lowest BCUT2D eigenvalue weighted by Crippen LogP contribution is -2.36. The van der Waals surface area contributed by atoms with Crippen LogP contribution in [0.15, 0.2) is 22.7 Å². The second-order valence-corrected chi connectivity index (χ2v) is 4.10. The second-order valence-electron chi connectivity index (χ2n) is 3.19. The van der Waals surface area contributed by atoms with Gasteiger partial charge in [-0.1, -0.05) is 15.9 Å². The fourth-order valence-corrected chi connectivity index (χ4v) is 1.38. The molecule has 0 saturated carbocycles. The molecule has 17 heavy (non-hydrogen) atoms. The molecule has 1 aromatic rings. The van der Waals surface area contributed by atoms with Crippen molar-refractivity contribution < 1.29 is 24.2 Å². The molecule has 5 nitrogen and oxygen atoms in total. The fraction of sp³-hybridized carbons (Fsp3) is 0.200. The summed E-state index contributed by atoms with van der Waals surface area (Å²) >= 11 is 3.04. The maximum Gasteiger partial charge on any atom is 0.334 e. The molecule has 1 rings (SSSR count). The Balaban J connectivity index is 2.67. The molecule has 92 valence electrons. The maximum atomic E-state index is 13.3. The molecule has 1 aromatic carbocycles. The van der Waals surface area contributed by atoms with Crippen LogP contribution in [0.2, 0.25) is 0 Å². The van der Waals surface area contributed by atoms with Crippen LogP contribution in [0.1, 0.15) is 10.4 Å². The Morgan fingerprint density at radius 2 is 2.12 bits per heavy atom. The third-order valence-corrected chi connectivity index (χ3v) is 2.41. The molecule has 0 aliphatic carbocycles. The fourth-order valence-electron chi connectivity index (χ4n) is 1.05. The van der Waals surface area contributed by atoms with E-state index in [1.165, 1.54) is 12.1 Å². The summed E-state index contributed by atoms with van der Waals surface area (Å²) in [6.45, 7) is -0.482. The molecule has 0 radical (unpaired) electrons. The average Bonchev–Trinajstić information content (AvgIpc) is 2.25. The van der Waals surface area contributed by atoms with Gasteiger partial charge in [-0.05, 0) is 18.2 Å². The van der Waals surface area contributed by atoms with E-state index in [4.69, 9.17) is 10.2 Å². The zero-order chi connectivity index (χ0) is 13.0. The van der Waals surface area contributed by atoms with Crippen LogP contribution in [0, 0.1) is 5.82 Å². The van der Waals surface area contributed by atoms with Crippen LogP contribution in [-0.4, -0.2) is 34.7 Å². The highest BCUT2D eigenvalue weighted by atomic mass is 79.9. The first-order valence-corrected chi connectivity index (χ1v) is 5.35. The maximum absolute atomic E-state index is 13.3. The summed E-state index contributed by atoms with van der Waals surface area (Å²) in [4.78, 5) is 21.7. The van der Waals surface area contributed by atoms with Gasteiger partial charge in [0.2, 0.25) is 0 Å². The molecule has 0 saturated heterocycles. The summed E-state index contributed by atoms with van der Waals surface area (Å²) in [7, 11) is 0. The third-order valence-electron chi connectivity index (χ3n) is 1.92. The van der Waals surface area contributed by atoms with Gasteiger partial charge in [-0.15, -0.1) is 0 Å². The Labute approximate surface area is 104 Å². The molecule has 0 aromatic heterocycles. The first-order chi connectivity index (χ1) is 7.91. The number of hydrogen-bond acceptors (Lipinski definition) is 3. The summed E-state index contributed by atoms with van der Waals surface area (Å²) in [5.74, 6) is -2.97. The number of benzene rings is 1. The molecule has 1 amide bonds. The Bertz CT molecular complexity index is 452. The lowest BCUT2D eigenvalue weighted by atomic mass is 10.2. The zero-order valence-corrected chi connectivity index (χ0v) is 10.1. The molecule has 0 heterocycles. The van der Waals surface area contributed by atoms with Crippen LogP contribution in [-0.2, 0) is 4.79 Å². The number of carboxylic acid groups (broad SMARTS) is 1. The molecule has 0 bridgehead atoms. The number of amides is 1. The molecule has 7 heteroatoms. The van der Waals surface area contributed by atoms with E-state index in [0.29, 0.717) is 4.47 Å². The van der Waals surface area contributed by atoms with Crippen molar-refractivity contribution in [2.24, 2.45) is 0 Å². The van der Waals surface area contributed by atoms with Gasteiger partial charge >= 0.3 is 5.97 Å². The highest BCUT2D eigenvalue weighted by Crippen LogP contribution is 2.15. The summed E-state index contributed by atoms with van der Waals surface area (Å²) in [6, 6.07) is 3.84. The van der Waals surface area contributed by atoms with Crippen molar-refractivity contribution in [3.05, 3.63) is 34.1 Å². The van der Waals surface area contributed by atoms with Crippen LogP contribution >= 0.6 is 15.9 Å². The van der Waals surface area contributed by atoms with Crippen molar-refractivity contribution in [3.8, 4) is 0 Å². The van der Waals surface area contributed by atoms with E-state index in [1.54, 1.807) is 0 Å². The lowest BCUT2D eigenvalue weighted by Gasteiger charge is -2.08. The van der Waals surface area contributed by atoms with E-state index in [-0.39, 0.29) is 5.56 Å². The lowest BCUT2D eigenvalue weighted by molar-refractivity contribution is -0.146. The van der Waals surface area contributed by atoms with Gasteiger partial charge in [0, 0.05) is 4.47 Å². The van der Waals surface area contributed by atoms with Crippen molar-refractivity contribution in [1.82, 2.24) is 5.32 Å². The van der Waals surface area contributed by atoms with Crippen molar-refractivity contribution in [3.63, 3.8) is 0 Å². The van der Waals surface area contributed by atoms with Crippen LogP contribution in [0.5, 0.6) is 0 Å². The Hall–Kier alpha value is -1.47. The number of rotatable bonds is 4. The number of carbonyl (C=O) groups is 2. The SMILES string of the molecule is O=C(NCC(O)C(=O)O)c1ccc(Br)cc1F. The van der Waals surface area contributed by atoms with E-state index in [0.717, 1.165) is 6.07 Å². The molecular formula is C10H9BrFNO4. The minimum atomic E-state index is -1.71. The molecule has 3 N–H and O–H groups in total. The van der Waals surface area contributed by atoms with E-state index in [1.807, 2.05) is 0 Å². The highest BCUT2D eigenvalue weighted by Gasteiger charge is 2.16. The van der Waals surface area contributed by atoms with Crippen molar-refractivity contribution in [2.45, 2.75) is 6.10 Å².